The van der Waals surface area contributed by atoms with Crippen molar-refractivity contribution in [3.63, 3.8) is 0 Å². The highest BCUT2D eigenvalue weighted by molar-refractivity contribution is 7.18. The SMILES string of the molecule is CCC(CC)NC(=O)c1sc(N2CCN(C)CC2)nc1N. The number of thiazole rings is 1. The first-order valence-corrected chi connectivity index (χ1v) is 8.37. The van der Waals surface area contributed by atoms with Crippen LogP contribution in [0.4, 0.5) is 10.9 Å². The lowest BCUT2D eigenvalue weighted by atomic mass is 10.2. The molecule has 0 radical (unpaired) electrons. The second kappa shape index (κ2) is 7.09. The topological polar surface area (TPSA) is 74.5 Å². The number of amides is 1. The smallest absolute Gasteiger partial charge is 0.265 e. The van der Waals surface area contributed by atoms with Crippen molar-refractivity contribution < 1.29 is 4.79 Å². The van der Waals surface area contributed by atoms with Gasteiger partial charge in [0.25, 0.3) is 5.91 Å². The minimum Gasteiger partial charge on any atom is -0.382 e. The number of rotatable bonds is 5. The summed E-state index contributed by atoms with van der Waals surface area (Å²) >= 11 is 1.40. The highest BCUT2D eigenvalue weighted by Gasteiger charge is 2.22. The monoisotopic (exact) mass is 311 g/mol. The molecule has 1 aromatic rings. The van der Waals surface area contributed by atoms with Crippen molar-refractivity contribution >= 4 is 28.2 Å². The summed E-state index contributed by atoms with van der Waals surface area (Å²) in [4.78, 5) is 21.7. The number of nitrogens with two attached hydrogens (primary N) is 1. The Hall–Kier alpha value is -1.34. The lowest BCUT2D eigenvalue weighted by molar-refractivity contribution is 0.0939. The highest BCUT2D eigenvalue weighted by Crippen LogP contribution is 2.28. The van der Waals surface area contributed by atoms with Gasteiger partial charge in [-0.1, -0.05) is 25.2 Å². The number of nitrogens with one attached hydrogen (secondary N) is 1. The standard InChI is InChI=1S/C14H25N5OS/c1-4-10(5-2)16-13(20)11-12(15)17-14(21-11)19-8-6-18(3)7-9-19/h10H,4-9,15H2,1-3H3,(H,16,20). The molecule has 21 heavy (non-hydrogen) atoms. The summed E-state index contributed by atoms with van der Waals surface area (Å²) in [6.07, 6.45) is 1.85. The third-order valence-corrected chi connectivity index (χ3v) is 5.07. The molecule has 1 aliphatic rings. The van der Waals surface area contributed by atoms with Crippen LogP contribution in [0.3, 0.4) is 0 Å². The Kier molecular flexibility index (Phi) is 5.41. The van der Waals surface area contributed by atoms with Crippen molar-refractivity contribution in [2.75, 3.05) is 43.9 Å². The van der Waals surface area contributed by atoms with E-state index in [2.05, 4.69) is 41.0 Å². The first kappa shape index (κ1) is 16.0. The van der Waals surface area contributed by atoms with Gasteiger partial charge in [0.15, 0.2) is 5.13 Å². The normalized spacial score (nSPS) is 16.5. The van der Waals surface area contributed by atoms with Crippen LogP contribution in [0.1, 0.15) is 36.4 Å². The molecule has 0 bridgehead atoms. The Morgan fingerprint density at radius 3 is 2.52 bits per heavy atom. The molecule has 3 N–H and O–H groups in total. The Bertz CT molecular complexity index is 478. The molecular weight excluding hydrogens is 286 g/mol. The number of nitrogens with zero attached hydrogens (tertiary/aromatic N) is 3. The van der Waals surface area contributed by atoms with Crippen molar-refractivity contribution in [1.82, 2.24) is 15.2 Å². The molecule has 0 aliphatic carbocycles. The van der Waals surface area contributed by atoms with Crippen LogP contribution in [0.2, 0.25) is 0 Å². The van der Waals surface area contributed by atoms with Gasteiger partial charge in [-0.3, -0.25) is 4.79 Å². The molecule has 6 nitrogen and oxygen atoms in total. The fraction of sp³-hybridized carbons (Fsp3) is 0.714. The third-order valence-electron chi connectivity index (χ3n) is 3.94. The molecule has 2 heterocycles. The predicted molar refractivity (Wildman–Crippen MR) is 88.1 cm³/mol. The van der Waals surface area contributed by atoms with E-state index in [9.17, 15) is 4.79 Å². The molecule has 7 heteroatoms. The van der Waals surface area contributed by atoms with E-state index in [0.717, 1.165) is 44.2 Å². The number of hydrogen-bond acceptors (Lipinski definition) is 6. The molecule has 1 aromatic heterocycles. The van der Waals surface area contributed by atoms with Gasteiger partial charge in [-0.2, -0.15) is 0 Å². The van der Waals surface area contributed by atoms with Crippen molar-refractivity contribution in [3.05, 3.63) is 4.88 Å². The second-order valence-electron chi connectivity index (χ2n) is 5.49. The van der Waals surface area contributed by atoms with Gasteiger partial charge in [-0.15, -0.1) is 0 Å². The third kappa shape index (κ3) is 3.85. The quantitative estimate of drug-likeness (QED) is 0.860. The van der Waals surface area contributed by atoms with Crippen molar-refractivity contribution in [3.8, 4) is 0 Å². The number of aromatic nitrogens is 1. The largest absolute Gasteiger partial charge is 0.382 e. The van der Waals surface area contributed by atoms with E-state index in [0.29, 0.717) is 10.7 Å². The summed E-state index contributed by atoms with van der Waals surface area (Å²) in [5.74, 6) is 0.247. The molecule has 0 aromatic carbocycles. The van der Waals surface area contributed by atoms with Crippen LogP contribution >= 0.6 is 11.3 Å². The summed E-state index contributed by atoms with van der Waals surface area (Å²) in [5, 5.41) is 3.88. The summed E-state index contributed by atoms with van der Waals surface area (Å²) in [7, 11) is 2.11. The van der Waals surface area contributed by atoms with Crippen molar-refractivity contribution in [1.29, 1.82) is 0 Å². The van der Waals surface area contributed by atoms with E-state index in [4.69, 9.17) is 5.73 Å². The van der Waals surface area contributed by atoms with E-state index in [-0.39, 0.29) is 11.9 Å². The molecule has 2 rings (SSSR count). The zero-order chi connectivity index (χ0) is 15.4. The van der Waals surface area contributed by atoms with Crippen LogP contribution in [-0.2, 0) is 0 Å². The first-order valence-electron chi connectivity index (χ1n) is 7.55. The molecule has 118 valence electrons. The number of likely N-dealkylation sites (N-methyl/N-ethyl adjacent to an activating group) is 1. The van der Waals surface area contributed by atoms with Gasteiger partial charge in [0, 0.05) is 32.2 Å². The maximum Gasteiger partial charge on any atom is 0.265 e. The minimum atomic E-state index is -0.0981. The Labute approximate surface area is 130 Å². The number of piperazine rings is 1. The van der Waals surface area contributed by atoms with Crippen LogP contribution in [0.25, 0.3) is 0 Å². The van der Waals surface area contributed by atoms with Gasteiger partial charge in [-0.05, 0) is 19.9 Å². The number of anilines is 2. The van der Waals surface area contributed by atoms with Gasteiger partial charge < -0.3 is 20.9 Å². The first-order chi connectivity index (χ1) is 10.0. The summed E-state index contributed by atoms with van der Waals surface area (Å²) < 4.78 is 0. The molecule has 1 aliphatic heterocycles. The molecule has 1 fully saturated rings. The van der Waals surface area contributed by atoms with E-state index in [1.54, 1.807) is 0 Å². The number of carbonyl (C=O) groups is 1. The lowest BCUT2D eigenvalue weighted by Crippen LogP contribution is -2.44. The Morgan fingerprint density at radius 2 is 1.95 bits per heavy atom. The highest BCUT2D eigenvalue weighted by atomic mass is 32.1. The number of carbonyl (C=O) groups excluding carboxylic acids is 1. The molecule has 0 saturated carbocycles. The van der Waals surface area contributed by atoms with Crippen LogP contribution in [0.5, 0.6) is 0 Å². The summed E-state index contributed by atoms with van der Waals surface area (Å²) in [6, 6.07) is 0.200. The minimum absolute atomic E-state index is 0.0981. The maximum atomic E-state index is 12.3. The van der Waals surface area contributed by atoms with E-state index in [1.165, 1.54) is 11.3 Å². The fourth-order valence-corrected chi connectivity index (χ4v) is 3.30. The van der Waals surface area contributed by atoms with Crippen LogP contribution in [0, 0.1) is 0 Å². The van der Waals surface area contributed by atoms with Gasteiger partial charge in [0.05, 0.1) is 0 Å². The van der Waals surface area contributed by atoms with E-state index < -0.39 is 0 Å². The Balaban J connectivity index is 2.06. The zero-order valence-electron chi connectivity index (χ0n) is 13.1. The van der Waals surface area contributed by atoms with Crippen molar-refractivity contribution in [2.45, 2.75) is 32.7 Å². The predicted octanol–water partition coefficient (Wildman–Crippen LogP) is 1.40. The molecule has 0 unspecified atom stereocenters. The molecular formula is C14H25N5OS. The van der Waals surface area contributed by atoms with Gasteiger partial charge in [-0.25, -0.2) is 4.98 Å². The summed E-state index contributed by atoms with van der Waals surface area (Å²) in [6.45, 7) is 8.01. The number of nitrogen functional groups attached to an aromatic ring is 1. The average molecular weight is 311 g/mol. The second-order valence-corrected chi connectivity index (χ2v) is 6.47. The van der Waals surface area contributed by atoms with Crippen LogP contribution in [0.15, 0.2) is 0 Å². The lowest BCUT2D eigenvalue weighted by Gasteiger charge is -2.31. The molecule has 1 amide bonds. The number of hydrogen-bond donors (Lipinski definition) is 2. The van der Waals surface area contributed by atoms with Gasteiger partial charge >= 0.3 is 0 Å². The average Bonchev–Trinajstić information content (AvgIpc) is 2.87. The van der Waals surface area contributed by atoms with Crippen LogP contribution in [-0.4, -0.2) is 55.1 Å². The zero-order valence-corrected chi connectivity index (χ0v) is 13.9. The molecule has 1 saturated heterocycles. The molecule has 0 spiro atoms. The summed E-state index contributed by atoms with van der Waals surface area (Å²) in [5.41, 5.74) is 5.94. The van der Waals surface area contributed by atoms with Gasteiger partial charge in [0.2, 0.25) is 0 Å². The maximum absolute atomic E-state index is 12.3. The van der Waals surface area contributed by atoms with E-state index in [1.807, 2.05) is 0 Å². The van der Waals surface area contributed by atoms with Crippen molar-refractivity contribution in [2.24, 2.45) is 0 Å². The van der Waals surface area contributed by atoms with Crippen LogP contribution < -0.4 is 16.0 Å². The van der Waals surface area contributed by atoms with Gasteiger partial charge in [0.1, 0.15) is 10.7 Å². The molecule has 0 atom stereocenters. The van der Waals surface area contributed by atoms with E-state index >= 15 is 0 Å². The fourth-order valence-electron chi connectivity index (χ4n) is 2.36. The Morgan fingerprint density at radius 1 is 1.33 bits per heavy atom.